The fourth-order valence-corrected chi connectivity index (χ4v) is 4.61. The smallest absolute Gasteiger partial charge is 0.235 e. The van der Waals surface area contributed by atoms with E-state index in [4.69, 9.17) is 9.47 Å². The Morgan fingerprint density at radius 1 is 0.875 bits per heavy atom. The first-order valence-electron chi connectivity index (χ1n) is 11.1. The number of nitrogens with zero attached hydrogens (tertiary/aromatic N) is 1. The van der Waals surface area contributed by atoms with Gasteiger partial charge in [-0.2, -0.15) is 0 Å². The van der Waals surface area contributed by atoms with Crippen LogP contribution in [0, 0.1) is 0 Å². The molecule has 1 saturated heterocycles. The fourth-order valence-electron chi connectivity index (χ4n) is 4.61. The maximum Gasteiger partial charge on any atom is 0.235 e. The zero-order valence-corrected chi connectivity index (χ0v) is 18.7. The largest absolute Gasteiger partial charge is 0.497 e. The summed E-state index contributed by atoms with van der Waals surface area (Å²) in [6, 6.07) is 25.7. The molecule has 32 heavy (non-hydrogen) atoms. The highest BCUT2D eigenvalue weighted by molar-refractivity contribution is 5.99. The van der Waals surface area contributed by atoms with Gasteiger partial charge in [0.1, 0.15) is 11.5 Å². The average molecular weight is 431 g/mol. The van der Waals surface area contributed by atoms with Gasteiger partial charge in [-0.15, -0.1) is 0 Å². The van der Waals surface area contributed by atoms with Gasteiger partial charge in [0.05, 0.1) is 25.3 Å². The molecule has 4 rings (SSSR count). The van der Waals surface area contributed by atoms with Gasteiger partial charge in [0.15, 0.2) is 0 Å². The van der Waals surface area contributed by atoms with Crippen LogP contribution in [0.1, 0.15) is 24.8 Å². The van der Waals surface area contributed by atoms with E-state index < -0.39 is 5.41 Å². The molecule has 1 unspecified atom stereocenters. The Morgan fingerprint density at radius 2 is 1.66 bits per heavy atom. The lowest BCUT2D eigenvalue weighted by molar-refractivity contribution is -0.122. The van der Waals surface area contributed by atoms with Crippen LogP contribution in [0.4, 0.5) is 11.4 Å². The van der Waals surface area contributed by atoms with E-state index in [1.54, 1.807) is 14.2 Å². The van der Waals surface area contributed by atoms with Gasteiger partial charge < -0.3 is 19.7 Å². The lowest BCUT2D eigenvalue weighted by atomic mass is 9.73. The van der Waals surface area contributed by atoms with Gasteiger partial charge in [-0.1, -0.05) is 42.5 Å². The molecular formula is C27H30N2O3. The van der Waals surface area contributed by atoms with Crippen molar-refractivity contribution in [1.82, 2.24) is 0 Å². The minimum absolute atomic E-state index is 0.0267. The summed E-state index contributed by atoms with van der Waals surface area (Å²) in [7, 11) is 3.36. The zero-order valence-electron chi connectivity index (χ0n) is 18.7. The highest BCUT2D eigenvalue weighted by Gasteiger charge is 2.42. The second-order valence-electron chi connectivity index (χ2n) is 8.15. The summed E-state index contributed by atoms with van der Waals surface area (Å²) in [5, 5.41) is 3.17. The molecule has 5 nitrogen and oxygen atoms in total. The van der Waals surface area contributed by atoms with E-state index in [0.717, 1.165) is 54.4 Å². The Labute approximate surface area is 190 Å². The maximum absolute atomic E-state index is 13.8. The van der Waals surface area contributed by atoms with Crippen LogP contribution < -0.4 is 19.7 Å². The highest BCUT2D eigenvalue weighted by Crippen LogP contribution is 2.40. The zero-order chi connectivity index (χ0) is 22.4. The van der Waals surface area contributed by atoms with E-state index in [0.29, 0.717) is 6.42 Å². The van der Waals surface area contributed by atoms with E-state index in [1.165, 1.54) is 0 Å². The Balaban J connectivity index is 1.68. The molecule has 1 heterocycles. The van der Waals surface area contributed by atoms with Crippen LogP contribution in [-0.4, -0.2) is 33.2 Å². The molecular weight excluding hydrogens is 400 g/mol. The number of rotatable bonds is 6. The first-order valence-corrected chi connectivity index (χ1v) is 11.1. The van der Waals surface area contributed by atoms with E-state index in [9.17, 15) is 4.79 Å². The fraction of sp³-hybridized carbons (Fsp3) is 0.296. The molecule has 1 atom stereocenters. The summed E-state index contributed by atoms with van der Waals surface area (Å²) < 4.78 is 11.1. The van der Waals surface area contributed by atoms with Crippen molar-refractivity contribution in [2.24, 2.45) is 0 Å². The van der Waals surface area contributed by atoms with Crippen LogP contribution in [-0.2, 0) is 10.2 Å². The molecule has 0 aromatic heterocycles. The van der Waals surface area contributed by atoms with E-state index >= 15 is 0 Å². The summed E-state index contributed by atoms with van der Waals surface area (Å²) in [4.78, 5) is 16.1. The standard InChI is InChI=1S/C27H30N2O3/c1-31-23-13-8-10-21(20-23)27(26(30)28-22-11-4-3-5-12-22)16-9-18-29(19-17-27)24-14-6-7-15-25(24)32-2/h3-8,10-15,20H,9,16-19H2,1-2H3,(H,28,30). The number of anilines is 2. The number of amides is 1. The average Bonchev–Trinajstić information content (AvgIpc) is 3.09. The minimum Gasteiger partial charge on any atom is -0.497 e. The summed E-state index contributed by atoms with van der Waals surface area (Å²) in [6.45, 7) is 1.62. The molecule has 1 amide bonds. The van der Waals surface area contributed by atoms with Gasteiger partial charge in [-0.25, -0.2) is 0 Å². The number of hydrogen-bond acceptors (Lipinski definition) is 4. The highest BCUT2D eigenvalue weighted by atomic mass is 16.5. The normalized spacial score (nSPS) is 18.5. The maximum atomic E-state index is 13.8. The quantitative estimate of drug-likeness (QED) is 0.579. The topological polar surface area (TPSA) is 50.8 Å². The molecule has 5 heteroatoms. The lowest BCUT2D eigenvalue weighted by Crippen LogP contribution is -2.41. The van der Waals surface area contributed by atoms with Crippen LogP contribution in [0.5, 0.6) is 11.5 Å². The number of carbonyl (C=O) groups is 1. The predicted octanol–water partition coefficient (Wildman–Crippen LogP) is 5.27. The lowest BCUT2D eigenvalue weighted by Gasteiger charge is -2.32. The third-order valence-corrected chi connectivity index (χ3v) is 6.35. The van der Waals surface area contributed by atoms with Gasteiger partial charge in [-0.05, 0) is 61.2 Å². The number of carbonyl (C=O) groups excluding carboxylic acids is 1. The number of hydrogen-bond donors (Lipinski definition) is 1. The Morgan fingerprint density at radius 3 is 2.44 bits per heavy atom. The SMILES string of the molecule is COc1cccc(C2(C(=O)Nc3ccccc3)CCCN(c3ccccc3OC)CC2)c1. The van der Waals surface area contributed by atoms with Gasteiger partial charge in [0.25, 0.3) is 0 Å². The number of ether oxygens (including phenoxy) is 2. The number of methoxy groups -OCH3 is 2. The Bertz CT molecular complexity index is 1050. The summed E-state index contributed by atoms with van der Waals surface area (Å²) in [6.07, 6.45) is 2.33. The van der Waals surface area contributed by atoms with Gasteiger partial charge in [0.2, 0.25) is 5.91 Å². The van der Waals surface area contributed by atoms with Crippen molar-refractivity contribution in [1.29, 1.82) is 0 Å². The predicted molar refractivity (Wildman–Crippen MR) is 129 cm³/mol. The first kappa shape index (κ1) is 21.8. The molecule has 0 spiro atoms. The van der Waals surface area contributed by atoms with E-state index in [1.807, 2.05) is 72.8 Å². The molecule has 0 bridgehead atoms. The third kappa shape index (κ3) is 4.42. The van der Waals surface area contributed by atoms with Crippen LogP contribution in [0.15, 0.2) is 78.9 Å². The van der Waals surface area contributed by atoms with Crippen LogP contribution in [0.2, 0.25) is 0 Å². The second kappa shape index (κ2) is 9.77. The monoisotopic (exact) mass is 430 g/mol. The van der Waals surface area contributed by atoms with Crippen molar-refractivity contribution in [2.45, 2.75) is 24.7 Å². The van der Waals surface area contributed by atoms with Crippen molar-refractivity contribution in [2.75, 3.05) is 37.5 Å². The molecule has 1 aliphatic heterocycles. The number of benzene rings is 3. The summed E-state index contributed by atoms with van der Waals surface area (Å²) in [5.74, 6) is 1.65. The van der Waals surface area contributed by atoms with Gasteiger partial charge in [0, 0.05) is 18.8 Å². The molecule has 0 radical (unpaired) electrons. The van der Waals surface area contributed by atoms with Crippen LogP contribution in [0.25, 0.3) is 0 Å². The first-order chi connectivity index (χ1) is 15.7. The van der Waals surface area contributed by atoms with Crippen LogP contribution in [0.3, 0.4) is 0 Å². The molecule has 1 aliphatic rings. The molecule has 0 aliphatic carbocycles. The van der Waals surface area contributed by atoms with Crippen molar-refractivity contribution in [3.8, 4) is 11.5 Å². The molecule has 1 N–H and O–H groups in total. The third-order valence-electron chi connectivity index (χ3n) is 6.35. The Kier molecular flexibility index (Phi) is 6.64. The summed E-state index contributed by atoms with van der Waals surface area (Å²) in [5.41, 5.74) is 2.22. The Hall–Kier alpha value is -3.47. The van der Waals surface area contributed by atoms with Crippen molar-refractivity contribution < 1.29 is 14.3 Å². The second-order valence-corrected chi connectivity index (χ2v) is 8.15. The molecule has 166 valence electrons. The van der Waals surface area contributed by atoms with Crippen molar-refractivity contribution in [3.63, 3.8) is 0 Å². The molecule has 0 saturated carbocycles. The van der Waals surface area contributed by atoms with E-state index in [2.05, 4.69) is 16.3 Å². The van der Waals surface area contributed by atoms with Crippen LogP contribution >= 0.6 is 0 Å². The van der Waals surface area contributed by atoms with Gasteiger partial charge in [-0.3, -0.25) is 4.79 Å². The molecule has 1 fully saturated rings. The van der Waals surface area contributed by atoms with Gasteiger partial charge >= 0.3 is 0 Å². The van der Waals surface area contributed by atoms with E-state index in [-0.39, 0.29) is 5.91 Å². The van der Waals surface area contributed by atoms with Crippen molar-refractivity contribution >= 4 is 17.3 Å². The molecule has 3 aromatic rings. The summed E-state index contributed by atoms with van der Waals surface area (Å²) >= 11 is 0. The van der Waals surface area contributed by atoms with Crippen molar-refractivity contribution in [3.05, 3.63) is 84.4 Å². The number of para-hydroxylation sites is 3. The molecule has 3 aromatic carbocycles. The minimum atomic E-state index is -0.652. The number of nitrogens with one attached hydrogen (secondary N) is 1.